The van der Waals surface area contributed by atoms with Gasteiger partial charge in [0.2, 0.25) is 0 Å². The molecule has 0 aromatic rings. The highest BCUT2D eigenvalue weighted by atomic mass is 16.6. The Morgan fingerprint density at radius 3 is 2.16 bits per heavy atom. The lowest BCUT2D eigenvalue weighted by molar-refractivity contribution is -0.167. The summed E-state index contributed by atoms with van der Waals surface area (Å²) in [5.41, 5.74) is 0. The van der Waals surface area contributed by atoms with E-state index >= 15 is 0 Å². The fourth-order valence-electron chi connectivity index (χ4n) is 6.05. The van der Waals surface area contributed by atoms with Gasteiger partial charge in [-0.3, -0.25) is 28.8 Å². The van der Waals surface area contributed by atoms with Gasteiger partial charge in [0.25, 0.3) is 0 Å². The number of ether oxygens (including phenoxy) is 6. The predicted molar refractivity (Wildman–Crippen MR) is 151 cm³/mol. The smallest absolute Gasteiger partial charge is 0.306 e. The van der Waals surface area contributed by atoms with Gasteiger partial charge in [-0.2, -0.15) is 0 Å². The van der Waals surface area contributed by atoms with Gasteiger partial charge < -0.3 is 28.4 Å². The van der Waals surface area contributed by atoms with Gasteiger partial charge in [0.15, 0.2) is 12.2 Å². The van der Waals surface area contributed by atoms with Crippen molar-refractivity contribution in [3.8, 4) is 0 Å². The Labute approximate surface area is 253 Å². The molecule has 0 bridgehead atoms. The molecule has 43 heavy (non-hydrogen) atoms. The van der Waals surface area contributed by atoms with E-state index in [1.165, 1.54) is 6.92 Å². The van der Waals surface area contributed by atoms with Crippen molar-refractivity contribution in [2.24, 2.45) is 35.5 Å². The first-order chi connectivity index (χ1) is 20.4. The lowest BCUT2D eigenvalue weighted by Gasteiger charge is -2.47. The largest absolute Gasteiger partial charge is 0.462 e. The van der Waals surface area contributed by atoms with Crippen LogP contribution >= 0.6 is 0 Å². The van der Waals surface area contributed by atoms with Crippen molar-refractivity contribution in [2.45, 2.75) is 98.7 Å². The summed E-state index contributed by atoms with van der Waals surface area (Å²) in [6.07, 6.45) is 0.0519. The molecule has 12 nitrogen and oxygen atoms in total. The van der Waals surface area contributed by atoms with E-state index in [0.29, 0.717) is 6.42 Å². The van der Waals surface area contributed by atoms with Crippen molar-refractivity contribution >= 4 is 35.8 Å². The molecule has 8 atom stereocenters. The van der Waals surface area contributed by atoms with Gasteiger partial charge >= 0.3 is 35.8 Å². The molecule has 1 saturated carbocycles. The molecule has 244 valence electrons. The Kier molecular flexibility index (Phi) is 14.9. The second-order valence-electron chi connectivity index (χ2n) is 11.6. The minimum Gasteiger partial charge on any atom is -0.462 e. The molecule has 2 fully saturated rings. The number of fused-ring (bicyclic) bond motifs is 1. The van der Waals surface area contributed by atoms with E-state index in [-0.39, 0.29) is 94.0 Å². The molecule has 1 heterocycles. The SMILES string of the molecule is CCC(=O)OCC1COC(=O)CC2C(CC(C)C(C)C2CC(=O)OCC(COC(C)=O)OC(=O)CC)C(CC)CC(=O)O1. The zero-order valence-electron chi connectivity index (χ0n) is 26.3. The molecule has 2 rings (SSSR count). The van der Waals surface area contributed by atoms with Crippen molar-refractivity contribution in [3.63, 3.8) is 0 Å². The molecule has 0 aromatic heterocycles. The number of hydrogen-bond donors (Lipinski definition) is 0. The quantitative estimate of drug-likeness (QED) is 0.233. The molecule has 1 saturated heterocycles. The van der Waals surface area contributed by atoms with Crippen molar-refractivity contribution in [1.29, 1.82) is 0 Å². The zero-order chi connectivity index (χ0) is 32.1. The van der Waals surface area contributed by atoms with E-state index in [4.69, 9.17) is 28.4 Å². The van der Waals surface area contributed by atoms with Gasteiger partial charge in [0.1, 0.15) is 26.4 Å². The molecule has 1 aliphatic heterocycles. The number of carbonyl (C=O) groups is 6. The maximum absolute atomic E-state index is 13.1. The molecule has 0 spiro atoms. The van der Waals surface area contributed by atoms with Crippen LogP contribution in [0.2, 0.25) is 0 Å². The average molecular weight is 613 g/mol. The Morgan fingerprint density at radius 2 is 1.53 bits per heavy atom. The van der Waals surface area contributed by atoms with Crippen molar-refractivity contribution in [1.82, 2.24) is 0 Å². The molecule has 12 heteroatoms. The molecule has 1 aliphatic carbocycles. The Morgan fingerprint density at radius 1 is 0.860 bits per heavy atom. The number of esters is 6. The Balaban J connectivity index is 2.22. The van der Waals surface area contributed by atoms with Crippen molar-refractivity contribution in [3.05, 3.63) is 0 Å². The van der Waals surface area contributed by atoms with E-state index in [1.807, 2.05) is 6.92 Å². The van der Waals surface area contributed by atoms with Crippen molar-refractivity contribution < 1.29 is 57.2 Å². The first kappa shape index (κ1) is 36.0. The van der Waals surface area contributed by atoms with Crippen LogP contribution in [0.1, 0.15) is 86.5 Å². The minimum absolute atomic E-state index is 0.0123. The van der Waals surface area contributed by atoms with Crippen LogP contribution in [0.4, 0.5) is 0 Å². The number of carbonyl (C=O) groups excluding carboxylic acids is 6. The summed E-state index contributed by atoms with van der Waals surface area (Å²) in [6.45, 7) is 9.67. The summed E-state index contributed by atoms with van der Waals surface area (Å²) < 4.78 is 31.9. The van der Waals surface area contributed by atoms with Crippen molar-refractivity contribution in [2.75, 3.05) is 26.4 Å². The maximum atomic E-state index is 13.1. The van der Waals surface area contributed by atoms with E-state index in [9.17, 15) is 28.8 Å². The second-order valence-corrected chi connectivity index (χ2v) is 11.6. The van der Waals surface area contributed by atoms with Crippen LogP contribution < -0.4 is 0 Å². The maximum Gasteiger partial charge on any atom is 0.306 e. The summed E-state index contributed by atoms with van der Waals surface area (Å²) in [5.74, 6) is -3.38. The van der Waals surface area contributed by atoms with Crippen LogP contribution in [-0.2, 0) is 57.2 Å². The predicted octanol–water partition coefficient (Wildman–Crippen LogP) is 3.56. The number of hydrogen-bond acceptors (Lipinski definition) is 12. The summed E-state index contributed by atoms with van der Waals surface area (Å²) in [7, 11) is 0. The highest BCUT2D eigenvalue weighted by molar-refractivity contribution is 5.73. The van der Waals surface area contributed by atoms with Gasteiger partial charge in [0, 0.05) is 39.0 Å². The van der Waals surface area contributed by atoms with Crippen LogP contribution in [0.25, 0.3) is 0 Å². The molecular weight excluding hydrogens is 564 g/mol. The standard InChI is InChI=1S/C31H48O12/c1-7-21-11-31(37)43-23(15-39-27(33)8-2)17-41-30(36)13-26-24(19(5)18(4)10-25(21)26)12-29(35)40-16-22(14-38-20(6)32)42-28(34)9-3/h18-19,21-26H,7-17H2,1-6H3. The molecule has 8 unspecified atom stereocenters. The average Bonchev–Trinajstić information content (AvgIpc) is 2.99. The van der Waals surface area contributed by atoms with Gasteiger partial charge in [-0.05, 0) is 41.9 Å². The first-order valence-corrected chi connectivity index (χ1v) is 15.4. The Hall–Kier alpha value is -3.18. The highest BCUT2D eigenvalue weighted by Crippen LogP contribution is 2.49. The fourth-order valence-corrected chi connectivity index (χ4v) is 6.05. The van der Waals surface area contributed by atoms with Crippen LogP contribution in [0.15, 0.2) is 0 Å². The topological polar surface area (TPSA) is 158 Å². The number of rotatable bonds is 12. The molecule has 0 aromatic carbocycles. The normalized spacial score (nSPS) is 28.6. The second kappa shape index (κ2) is 17.8. The number of cyclic esters (lactones) is 2. The summed E-state index contributed by atoms with van der Waals surface area (Å²) in [4.78, 5) is 73.9. The third-order valence-electron chi connectivity index (χ3n) is 8.62. The van der Waals surface area contributed by atoms with E-state index in [2.05, 4.69) is 13.8 Å². The van der Waals surface area contributed by atoms with E-state index in [1.54, 1.807) is 13.8 Å². The monoisotopic (exact) mass is 612 g/mol. The van der Waals surface area contributed by atoms with Crippen LogP contribution in [0.3, 0.4) is 0 Å². The highest BCUT2D eigenvalue weighted by Gasteiger charge is 2.46. The third kappa shape index (κ3) is 11.8. The Bertz CT molecular complexity index is 978. The molecule has 0 radical (unpaired) electrons. The van der Waals surface area contributed by atoms with Gasteiger partial charge in [0.05, 0.1) is 0 Å². The zero-order valence-corrected chi connectivity index (χ0v) is 26.3. The van der Waals surface area contributed by atoms with Gasteiger partial charge in [-0.1, -0.05) is 41.0 Å². The van der Waals surface area contributed by atoms with E-state index < -0.39 is 48.0 Å². The van der Waals surface area contributed by atoms with E-state index in [0.717, 1.165) is 6.42 Å². The molecule has 0 N–H and O–H groups in total. The van der Waals surface area contributed by atoms with Crippen LogP contribution in [-0.4, -0.2) is 74.5 Å². The lowest BCUT2D eigenvalue weighted by Crippen LogP contribution is -2.43. The summed E-state index contributed by atoms with van der Waals surface area (Å²) in [5, 5.41) is 0. The summed E-state index contributed by atoms with van der Waals surface area (Å²) >= 11 is 0. The lowest BCUT2D eigenvalue weighted by atomic mass is 9.57. The molecule has 2 aliphatic rings. The summed E-state index contributed by atoms with van der Waals surface area (Å²) in [6, 6.07) is 0. The first-order valence-electron chi connectivity index (χ1n) is 15.4. The van der Waals surface area contributed by atoms with Crippen LogP contribution in [0.5, 0.6) is 0 Å². The van der Waals surface area contributed by atoms with Gasteiger partial charge in [-0.15, -0.1) is 0 Å². The van der Waals surface area contributed by atoms with Crippen LogP contribution in [0, 0.1) is 35.5 Å². The minimum atomic E-state index is -0.942. The fraction of sp³-hybridized carbons (Fsp3) is 0.806. The van der Waals surface area contributed by atoms with Gasteiger partial charge in [-0.25, -0.2) is 0 Å². The third-order valence-corrected chi connectivity index (χ3v) is 8.62. The molecule has 0 amide bonds. The molecular formula is C31H48O12.